The monoisotopic (exact) mass is 292 g/mol. The molecule has 2 rings (SSSR count). The summed E-state index contributed by atoms with van der Waals surface area (Å²) in [6.45, 7) is 0. The van der Waals surface area contributed by atoms with Crippen LogP contribution < -0.4 is 10.1 Å². The zero-order valence-electron chi connectivity index (χ0n) is 10.6. The fourth-order valence-electron chi connectivity index (χ4n) is 1.57. The summed E-state index contributed by atoms with van der Waals surface area (Å²) >= 11 is 1.14. The van der Waals surface area contributed by atoms with E-state index in [9.17, 15) is 9.59 Å². The Hall–Kier alpha value is -2.41. The molecule has 6 nitrogen and oxygen atoms in total. The minimum Gasteiger partial charge on any atom is -0.495 e. The number of hydrogen-bond donors (Lipinski definition) is 2. The lowest BCUT2D eigenvalue weighted by Crippen LogP contribution is -2.15. The van der Waals surface area contributed by atoms with Gasteiger partial charge in [-0.05, 0) is 12.1 Å². The Labute approximate surface area is 119 Å². The van der Waals surface area contributed by atoms with Crippen LogP contribution in [0.3, 0.4) is 0 Å². The van der Waals surface area contributed by atoms with Crippen LogP contribution in [0.2, 0.25) is 0 Å². The van der Waals surface area contributed by atoms with Gasteiger partial charge in [-0.2, -0.15) is 0 Å². The number of benzene rings is 1. The number of nitrogens with one attached hydrogen (secondary N) is 1. The number of carbonyl (C=O) groups is 2. The molecule has 0 atom stereocenters. The molecule has 0 spiro atoms. The third-order valence-electron chi connectivity index (χ3n) is 2.46. The summed E-state index contributed by atoms with van der Waals surface area (Å²) in [5.41, 5.74) is 0.519. The molecule has 0 aliphatic carbocycles. The predicted molar refractivity (Wildman–Crippen MR) is 74.4 cm³/mol. The molecule has 0 fully saturated rings. The van der Waals surface area contributed by atoms with Crippen molar-refractivity contribution in [2.45, 2.75) is 6.42 Å². The number of carboxylic acids is 1. The van der Waals surface area contributed by atoms with E-state index in [1.54, 1.807) is 24.3 Å². The van der Waals surface area contributed by atoms with Gasteiger partial charge in [-0.3, -0.25) is 4.79 Å². The van der Waals surface area contributed by atoms with Crippen LogP contribution in [0.4, 0.5) is 5.69 Å². The van der Waals surface area contributed by atoms with Crippen molar-refractivity contribution >= 4 is 28.9 Å². The summed E-state index contributed by atoms with van der Waals surface area (Å²) in [7, 11) is 1.52. The van der Waals surface area contributed by atoms with Crippen LogP contribution in [0, 0.1) is 0 Å². The number of nitrogens with zero attached hydrogens (tertiary/aromatic N) is 1. The zero-order valence-corrected chi connectivity index (χ0v) is 11.4. The van der Waals surface area contributed by atoms with E-state index in [-0.39, 0.29) is 18.0 Å². The number of para-hydroxylation sites is 2. The highest BCUT2D eigenvalue weighted by atomic mass is 32.1. The van der Waals surface area contributed by atoms with E-state index >= 15 is 0 Å². The summed E-state index contributed by atoms with van der Waals surface area (Å²) in [5.74, 6) is -0.815. The molecule has 0 aliphatic heterocycles. The van der Waals surface area contributed by atoms with Crippen LogP contribution in [0.15, 0.2) is 29.6 Å². The van der Waals surface area contributed by atoms with Gasteiger partial charge in [0.05, 0.1) is 19.2 Å². The second-order valence-electron chi connectivity index (χ2n) is 3.86. The molecule has 0 aliphatic rings. The second kappa shape index (κ2) is 6.16. The molecule has 0 unspecified atom stereocenters. The number of amides is 1. The van der Waals surface area contributed by atoms with Gasteiger partial charge >= 0.3 is 5.97 Å². The number of methoxy groups -OCH3 is 1. The fraction of sp³-hybridized carbons (Fsp3) is 0.154. The van der Waals surface area contributed by atoms with Crippen molar-refractivity contribution in [2.75, 3.05) is 12.4 Å². The summed E-state index contributed by atoms with van der Waals surface area (Å²) in [6, 6.07) is 7.04. The number of aromatic carboxylic acids is 1. The molecule has 0 saturated carbocycles. The van der Waals surface area contributed by atoms with Crippen LogP contribution in [-0.2, 0) is 11.2 Å². The Bertz CT molecular complexity index is 639. The molecule has 0 bridgehead atoms. The maximum atomic E-state index is 11.9. The lowest BCUT2D eigenvalue weighted by atomic mass is 10.3. The molecule has 7 heteroatoms. The number of aromatic nitrogens is 1. The van der Waals surface area contributed by atoms with E-state index in [4.69, 9.17) is 9.84 Å². The van der Waals surface area contributed by atoms with Crippen LogP contribution in [0.25, 0.3) is 0 Å². The fourth-order valence-corrected chi connectivity index (χ4v) is 2.34. The Morgan fingerprint density at radius 2 is 2.15 bits per heavy atom. The maximum Gasteiger partial charge on any atom is 0.355 e. The van der Waals surface area contributed by atoms with Crippen molar-refractivity contribution in [3.8, 4) is 5.75 Å². The molecule has 20 heavy (non-hydrogen) atoms. The average Bonchev–Trinajstić information content (AvgIpc) is 2.88. The van der Waals surface area contributed by atoms with Crippen molar-refractivity contribution in [1.82, 2.24) is 4.98 Å². The van der Waals surface area contributed by atoms with Crippen molar-refractivity contribution in [3.63, 3.8) is 0 Å². The third-order valence-corrected chi connectivity index (χ3v) is 3.31. The Morgan fingerprint density at radius 1 is 1.40 bits per heavy atom. The summed E-state index contributed by atoms with van der Waals surface area (Å²) in [6.07, 6.45) is 0.0238. The third kappa shape index (κ3) is 3.33. The standard InChI is InChI=1S/C13H12N2O4S/c1-19-10-5-3-2-4-8(10)14-11(16)6-12-15-9(7-20-12)13(17)18/h2-5,7H,6H2,1H3,(H,14,16)(H,17,18). The van der Waals surface area contributed by atoms with Gasteiger partial charge in [0.1, 0.15) is 10.8 Å². The highest BCUT2D eigenvalue weighted by Crippen LogP contribution is 2.23. The van der Waals surface area contributed by atoms with Gasteiger partial charge in [0.25, 0.3) is 0 Å². The number of carboxylic acid groups (broad SMARTS) is 1. The first kappa shape index (κ1) is 14.0. The van der Waals surface area contributed by atoms with E-state index in [1.165, 1.54) is 12.5 Å². The topological polar surface area (TPSA) is 88.5 Å². The van der Waals surface area contributed by atoms with Gasteiger partial charge in [0.2, 0.25) is 5.91 Å². The highest BCUT2D eigenvalue weighted by Gasteiger charge is 2.13. The summed E-state index contributed by atoms with van der Waals surface area (Å²) in [4.78, 5) is 26.4. The van der Waals surface area contributed by atoms with Gasteiger partial charge < -0.3 is 15.2 Å². The number of carbonyl (C=O) groups excluding carboxylic acids is 1. The zero-order chi connectivity index (χ0) is 14.5. The van der Waals surface area contributed by atoms with Gasteiger partial charge in [-0.25, -0.2) is 9.78 Å². The Kier molecular flexibility index (Phi) is 4.31. The molecule has 2 N–H and O–H groups in total. The smallest absolute Gasteiger partial charge is 0.355 e. The quantitative estimate of drug-likeness (QED) is 0.880. The van der Waals surface area contributed by atoms with Gasteiger partial charge in [-0.15, -0.1) is 11.3 Å². The SMILES string of the molecule is COc1ccccc1NC(=O)Cc1nc(C(=O)O)cs1. The first-order valence-electron chi connectivity index (χ1n) is 5.70. The summed E-state index contributed by atoms with van der Waals surface area (Å²) < 4.78 is 5.13. The van der Waals surface area contributed by atoms with E-state index in [1.807, 2.05) is 0 Å². The molecule has 2 aromatic rings. The first-order valence-corrected chi connectivity index (χ1v) is 6.58. The van der Waals surface area contributed by atoms with Gasteiger partial charge in [0.15, 0.2) is 5.69 Å². The van der Waals surface area contributed by atoms with Crippen molar-refractivity contribution in [3.05, 3.63) is 40.3 Å². The predicted octanol–water partition coefficient (Wildman–Crippen LogP) is 2.03. The molecule has 1 amide bonds. The number of rotatable bonds is 5. The molecule has 0 saturated heterocycles. The van der Waals surface area contributed by atoms with Crippen molar-refractivity contribution in [1.29, 1.82) is 0 Å². The normalized spacial score (nSPS) is 10.1. The maximum absolute atomic E-state index is 11.9. The molecule has 1 heterocycles. The number of hydrogen-bond acceptors (Lipinski definition) is 5. The molecular formula is C13H12N2O4S. The molecule has 104 valence electrons. The molecule has 1 aromatic carbocycles. The molecule has 0 radical (unpaired) electrons. The molecular weight excluding hydrogens is 280 g/mol. The lowest BCUT2D eigenvalue weighted by molar-refractivity contribution is -0.115. The Balaban J connectivity index is 2.03. The lowest BCUT2D eigenvalue weighted by Gasteiger charge is -2.08. The van der Waals surface area contributed by atoms with Gasteiger partial charge in [0, 0.05) is 5.38 Å². The summed E-state index contributed by atoms with van der Waals surface area (Å²) in [5, 5.41) is 13.3. The van der Waals surface area contributed by atoms with E-state index in [0.29, 0.717) is 16.4 Å². The van der Waals surface area contributed by atoms with E-state index in [2.05, 4.69) is 10.3 Å². The van der Waals surface area contributed by atoms with Crippen molar-refractivity contribution in [2.24, 2.45) is 0 Å². The number of thiazole rings is 1. The van der Waals surface area contributed by atoms with Crippen LogP contribution in [-0.4, -0.2) is 29.1 Å². The number of ether oxygens (including phenoxy) is 1. The first-order chi connectivity index (χ1) is 9.60. The minimum absolute atomic E-state index is 0.0238. The number of anilines is 1. The molecule has 1 aromatic heterocycles. The van der Waals surface area contributed by atoms with Crippen molar-refractivity contribution < 1.29 is 19.4 Å². The van der Waals surface area contributed by atoms with Gasteiger partial charge in [-0.1, -0.05) is 12.1 Å². The van der Waals surface area contributed by atoms with E-state index < -0.39 is 5.97 Å². The second-order valence-corrected chi connectivity index (χ2v) is 4.80. The Morgan fingerprint density at radius 3 is 2.80 bits per heavy atom. The average molecular weight is 292 g/mol. The van der Waals surface area contributed by atoms with E-state index in [0.717, 1.165) is 11.3 Å². The minimum atomic E-state index is -1.10. The van der Waals surface area contributed by atoms with Crippen LogP contribution in [0.1, 0.15) is 15.5 Å². The van der Waals surface area contributed by atoms with Crippen LogP contribution in [0.5, 0.6) is 5.75 Å². The highest BCUT2D eigenvalue weighted by molar-refractivity contribution is 7.09. The van der Waals surface area contributed by atoms with Crippen LogP contribution >= 0.6 is 11.3 Å². The largest absolute Gasteiger partial charge is 0.495 e.